The zero-order valence-corrected chi connectivity index (χ0v) is 25.3. The van der Waals surface area contributed by atoms with Gasteiger partial charge in [0.1, 0.15) is 24.3 Å². The Labute approximate surface area is 258 Å². The molecule has 16 nitrogen and oxygen atoms in total. The van der Waals surface area contributed by atoms with Gasteiger partial charge in [0.25, 0.3) is 6.29 Å². The largest absolute Gasteiger partial charge is 0.466 e. The summed E-state index contributed by atoms with van der Waals surface area (Å²) in [5, 5.41) is 44.5. The number of hydrogen-bond acceptors (Lipinski definition) is 14. The molecule has 0 aliphatic carbocycles. The Hall–Kier alpha value is -4.48. The molecule has 2 aliphatic heterocycles. The molecule has 5 rings (SSSR count). The summed E-state index contributed by atoms with van der Waals surface area (Å²) in [6.45, 7) is 1.16. The van der Waals surface area contributed by atoms with Crippen molar-refractivity contribution in [1.82, 2.24) is 24.8 Å². The van der Waals surface area contributed by atoms with Crippen LogP contribution in [-0.4, -0.2) is 118 Å². The summed E-state index contributed by atoms with van der Waals surface area (Å²) >= 11 is 0. The van der Waals surface area contributed by atoms with Gasteiger partial charge >= 0.3 is 5.95 Å². The minimum Gasteiger partial charge on any atom is -0.466 e. The van der Waals surface area contributed by atoms with Gasteiger partial charge in [-0.1, -0.05) is 12.1 Å². The summed E-state index contributed by atoms with van der Waals surface area (Å²) in [7, 11) is 6.32. The molecular weight excluding hydrogens is 592 g/mol. The van der Waals surface area contributed by atoms with Gasteiger partial charge in [-0.05, 0) is 30.7 Å². The van der Waals surface area contributed by atoms with Gasteiger partial charge in [-0.25, -0.2) is 15.0 Å². The molecular formula is C29H36N6O10. The molecule has 7 unspecified atom stereocenters. The lowest BCUT2D eigenvalue weighted by Crippen LogP contribution is -2.48. The molecule has 0 radical (unpaired) electrons. The zero-order valence-electron chi connectivity index (χ0n) is 25.3. The van der Waals surface area contributed by atoms with Gasteiger partial charge < -0.3 is 54.3 Å². The number of amides is 1. The van der Waals surface area contributed by atoms with Crippen LogP contribution in [0.3, 0.4) is 0 Å². The fourth-order valence-corrected chi connectivity index (χ4v) is 5.13. The Morgan fingerprint density at radius 3 is 2.44 bits per heavy atom. The summed E-state index contributed by atoms with van der Waals surface area (Å²) in [5.41, 5.74) is 1.93. The summed E-state index contributed by atoms with van der Waals surface area (Å²) < 4.78 is 28.7. The highest BCUT2D eigenvalue weighted by Gasteiger charge is 2.46. The predicted molar refractivity (Wildman–Crippen MR) is 157 cm³/mol. The first-order valence-electron chi connectivity index (χ1n) is 14.0. The predicted octanol–water partition coefficient (Wildman–Crippen LogP) is -0.350. The average molecular weight is 629 g/mol. The van der Waals surface area contributed by atoms with Crippen LogP contribution in [0, 0.1) is 0 Å². The molecule has 16 heteroatoms. The highest BCUT2D eigenvalue weighted by Crippen LogP contribution is 2.33. The highest BCUT2D eigenvalue weighted by molar-refractivity contribution is 5.97. The number of imidazole rings is 1. The van der Waals surface area contributed by atoms with Crippen LogP contribution in [0.5, 0.6) is 5.75 Å². The van der Waals surface area contributed by atoms with Gasteiger partial charge in [-0.2, -0.15) is 0 Å². The molecule has 5 N–H and O–H groups in total. The number of hydrogen-bond donors (Lipinski definition) is 5. The second-order valence-electron chi connectivity index (χ2n) is 10.6. The maximum atomic E-state index is 13.1. The van der Waals surface area contributed by atoms with E-state index in [1.165, 1.54) is 26.9 Å². The van der Waals surface area contributed by atoms with E-state index in [4.69, 9.17) is 23.7 Å². The van der Waals surface area contributed by atoms with Gasteiger partial charge in [0.15, 0.2) is 35.4 Å². The summed E-state index contributed by atoms with van der Waals surface area (Å²) in [6, 6.07) is 5.66. The van der Waals surface area contributed by atoms with Gasteiger partial charge in [-0.3, -0.25) is 9.36 Å². The van der Waals surface area contributed by atoms with Crippen molar-refractivity contribution in [3.05, 3.63) is 59.8 Å². The second kappa shape index (κ2) is 13.3. The van der Waals surface area contributed by atoms with E-state index in [0.29, 0.717) is 33.9 Å². The lowest BCUT2D eigenvalue weighted by Gasteiger charge is -2.21. The number of anilines is 1. The smallest absolute Gasteiger partial charge is 0.321 e. The van der Waals surface area contributed by atoms with Gasteiger partial charge in [0.2, 0.25) is 11.7 Å². The number of carbonyl (C=O) groups is 1. The van der Waals surface area contributed by atoms with Crippen molar-refractivity contribution in [2.75, 3.05) is 39.8 Å². The number of rotatable bonds is 10. The Kier molecular flexibility index (Phi) is 9.40. The number of fused-ring (bicyclic) bond motifs is 1. The maximum absolute atomic E-state index is 13.1. The molecule has 2 fully saturated rings. The number of carbonyl (C=O) groups excluding carboxylic acids is 1. The minimum atomic E-state index is -1.40. The number of aliphatic hydroxyl groups excluding tert-OH is 4. The Bertz CT molecular complexity index is 1570. The fraction of sp³-hybridized carbons (Fsp3) is 0.448. The van der Waals surface area contributed by atoms with E-state index >= 15 is 0 Å². The summed E-state index contributed by atoms with van der Waals surface area (Å²) in [5.74, 6) is 0.283. The van der Waals surface area contributed by atoms with Crippen molar-refractivity contribution >= 4 is 29.0 Å². The number of ether oxygens (including phenoxy) is 5. The van der Waals surface area contributed by atoms with E-state index in [1.807, 2.05) is 14.1 Å². The van der Waals surface area contributed by atoms with Crippen LogP contribution in [0.25, 0.3) is 17.2 Å². The number of aliphatic hydroxyl groups is 4. The van der Waals surface area contributed by atoms with Gasteiger partial charge in [0.05, 0.1) is 33.2 Å². The third-order valence-corrected chi connectivity index (χ3v) is 7.45. The molecule has 2 saturated heterocycles. The first-order chi connectivity index (χ1) is 21.6. The molecule has 4 heterocycles. The van der Waals surface area contributed by atoms with Crippen LogP contribution < -0.4 is 15.0 Å². The second-order valence-corrected chi connectivity index (χ2v) is 10.6. The van der Waals surface area contributed by atoms with Crippen molar-refractivity contribution in [2.45, 2.75) is 49.9 Å². The third-order valence-electron chi connectivity index (χ3n) is 7.45. The van der Waals surface area contributed by atoms with E-state index in [2.05, 4.69) is 20.3 Å². The van der Waals surface area contributed by atoms with E-state index < -0.39 is 55.5 Å². The summed E-state index contributed by atoms with van der Waals surface area (Å²) in [6.07, 6.45) is -2.60. The van der Waals surface area contributed by atoms with E-state index in [-0.39, 0.29) is 11.7 Å². The quantitative estimate of drug-likeness (QED) is 0.144. The van der Waals surface area contributed by atoms with Crippen LogP contribution in [0.1, 0.15) is 18.7 Å². The van der Waals surface area contributed by atoms with Crippen molar-refractivity contribution < 1.29 is 48.9 Å². The van der Waals surface area contributed by atoms with Crippen LogP contribution >= 0.6 is 0 Å². The normalized spacial score (nSPS) is 26.5. The Morgan fingerprint density at radius 1 is 1.09 bits per heavy atom. The molecule has 0 spiro atoms. The number of nitrogens with one attached hydrogen (secondary N) is 1. The van der Waals surface area contributed by atoms with Crippen molar-refractivity contribution in [1.29, 1.82) is 0 Å². The molecule has 7 atom stereocenters. The maximum Gasteiger partial charge on any atom is 0.321 e. The van der Waals surface area contributed by atoms with Crippen molar-refractivity contribution in [3.8, 4) is 5.75 Å². The molecule has 0 bridgehead atoms. The van der Waals surface area contributed by atoms with Crippen molar-refractivity contribution in [3.63, 3.8) is 0 Å². The molecule has 2 aliphatic rings. The monoisotopic (exact) mass is 628 g/mol. The molecule has 242 valence electrons. The SMILES string of the molecule is COC(OC)=C1OC(Oc2ccc(C=C(C)C(=O)NC3C(CO)OC(n4cnc5c(N(C)C)ncnc54)C3O)cc2)C(O)C1O. The first kappa shape index (κ1) is 31.9. The van der Waals surface area contributed by atoms with Crippen LogP contribution in [-0.2, 0) is 23.7 Å². The Balaban J connectivity index is 1.25. The van der Waals surface area contributed by atoms with E-state index in [0.717, 1.165) is 0 Å². The molecule has 45 heavy (non-hydrogen) atoms. The van der Waals surface area contributed by atoms with E-state index in [9.17, 15) is 25.2 Å². The highest BCUT2D eigenvalue weighted by atomic mass is 16.7. The topological polar surface area (TPSA) is 203 Å². The number of aromatic nitrogens is 4. The number of nitrogens with zero attached hydrogens (tertiary/aromatic N) is 5. The Morgan fingerprint density at radius 2 is 1.80 bits per heavy atom. The molecule has 2 aromatic heterocycles. The summed E-state index contributed by atoms with van der Waals surface area (Å²) in [4.78, 5) is 27.9. The first-order valence-corrected chi connectivity index (χ1v) is 14.0. The van der Waals surface area contributed by atoms with E-state index in [1.54, 1.807) is 46.7 Å². The zero-order chi connectivity index (χ0) is 32.4. The van der Waals surface area contributed by atoms with Crippen LogP contribution in [0.4, 0.5) is 5.82 Å². The number of benzene rings is 1. The third kappa shape index (κ3) is 6.23. The molecule has 1 amide bonds. The molecule has 0 saturated carbocycles. The van der Waals surface area contributed by atoms with Crippen molar-refractivity contribution in [2.24, 2.45) is 0 Å². The standard InChI is InChI=1S/C29H36N6O10/c1-14(10-15-6-8-16(9-7-15)43-28-22(39)21(38)23(45-28)29(41-4)42-5)26(40)33-18-17(11-36)44-27(20(18)37)35-13-32-19-24(34(2)3)30-12-31-25(19)35/h6-10,12-13,17-18,20-22,27-28,36-39H,11H2,1-5H3,(H,33,40). The molecule has 1 aromatic carbocycles. The molecule has 3 aromatic rings. The van der Waals surface area contributed by atoms with Gasteiger partial charge in [-0.15, -0.1) is 0 Å². The van der Waals surface area contributed by atoms with Crippen LogP contribution in [0.2, 0.25) is 0 Å². The number of methoxy groups -OCH3 is 2. The minimum absolute atomic E-state index is 0.0808. The lowest BCUT2D eigenvalue weighted by molar-refractivity contribution is -0.119. The van der Waals surface area contributed by atoms with Crippen LogP contribution in [0.15, 0.2) is 54.2 Å². The average Bonchev–Trinajstić information content (AvgIpc) is 3.68. The lowest BCUT2D eigenvalue weighted by atomic mass is 10.1. The fourth-order valence-electron chi connectivity index (χ4n) is 5.13. The van der Waals surface area contributed by atoms with Gasteiger partial charge in [0, 0.05) is 19.7 Å².